The molecule has 1 aliphatic rings. The molecule has 0 amide bonds. The Kier molecular flexibility index (Phi) is 12.7. The first-order valence-electron chi connectivity index (χ1n) is 15.9. The van der Waals surface area contributed by atoms with Gasteiger partial charge in [-0.15, -0.1) is 0 Å². The van der Waals surface area contributed by atoms with Crippen LogP contribution in [0.15, 0.2) is 0 Å². The Bertz CT molecular complexity index is 926. The summed E-state index contributed by atoms with van der Waals surface area (Å²) < 4.78 is 12.1. The van der Waals surface area contributed by atoms with E-state index in [0.717, 1.165) is 59.5 Å². The molecule has 3 unspecified atom stereocenters. The highest BCUT2D eigenvalue weighted by Crippen LogP contribution is 2.45. The van der Waals surface area contributed by atoms with Gasteiger partial charge in [0.1, 0.15) is 22.7 Å². The molecule has 0 bridgehead atoms. The topological polar surface area (TPSA) is 55.8 Å². The van der Waals surface area contributed by atoms with Crippen molar-refractivity contribution in [3.05, 3.63) is 22.3 Å². The predicted molar refractivity (Wildman–Crippen MR) is 164 cm³/mol. The second-order valence-electron chi connectivity index (χ2n) is 14.4. The number of esters is 1. The summed E-state index contributed by atoms with van der Waals surface area (Å²) in [5, 5.41) is 11.1. The number of benzene rings is 1. The summed E-state index contributed by atoms with van der Waals surface area (Å²) in [7, 11) is 0. The minimum atomic E-state index is -0.499. The molecule has 224 valence electrons. The Morgan fingerprint density at radius 2 is 1.51 bits per heavy atom. The third-order valence-electron chi connectivity index (χ3n) is 8.69. The Morgan fingerprint density at radius 3 is 2.08 bits per heavy atom. The van der Waals surface area contributed by atoms with Gasteiger partial charge in [0.15, 0.2) is 0 Å². The van der Waals surface area contributed by atoms with E-state index < -0.39 is 5.60 Å². The van der Waals surface area contributed by atoms with E-state index in [-0.39, 0.29) is 23.7 Å². The Balaban J connectivity index is 1.87. The number of hydrogen-bond donors (Lipinski definition) is 1. The van der Waals surface area contributed by atoms with Crippen molar-refractivity contribution in [1.29, 1.82) is 0 Å². The fourth-order valence-electron chi connectivity index (χ4n) is 6.12. The van der Waals surface area contributed by atoms with Gasteiger partial charge in [0.25, 0.3) is 0 Å². The number of phenols is 1. The van der Waals surface area contributed by atoms with Crippen molar-refractivity contribution >= 4 is 5.97 Å². The molecule has 0 spiro atoms. The average Bonchev–Trinajstić information content (AvgIpc) is 2.81. The number of carbonyl (C=O) groups excluding carboxylic acids is 1. The van der Waals surface area contributed by atoms with Gasteiger partial charge in [-0.2, -0.15) is 0 Å². The van der Waals surface area contributed by atoms with E-state index in [2.05, 4.69) is 41.5 Å². The molecule has 0 fully saturated rings. The molecule has 0 aliphatic carbocycles. The van der Waals surface area contributed by atoms with Crippen LogP contribution in [0, 0.1) is 31.6 Å². The lowest BCUT2D eigenvalue weighted by Gasteiger charge is -2.38. The van der Waals surface area contributed by atoms with E-state index in [0.29, 0.717) is 6.42 Å². The van der Waals surface area contributed by atoms with Gasteiger partial charge in [0.05, 0.1) is 0 Å². The zero-order valence-electron chi connectivity index (χ0n) is 27.1. The zero-order valence-corrected chi connectivity index (χ0v) is 27.1. The van der Waals surface area contributed by atoms with Crippen LogP contribution in [0.25, 0.3) is 0 Å². The van der Waals surface area contributed by atoms with Gasteiger partial charge < -0.3 is 14.6 Å². The fraction of sp³-hybridized carbons (Fsp3) is 0.800. The minimum Gasteiger partial charge on any atom is -0.507 e. The largest absolute Gasteiger partial charge is 0.507 e. The van der Waals surface area contributed by atoms with Gasteiger partial charge in [0, 0.05) is 12.0 Å². The maximum Gasteiger partial charge on any atom is 0.306 e. The molecular formula is C35H60O4. The molecule has 0 radical (unpaired) electrons. The fourth-order valence-corrected chi connectivity index (χ4v) is 6.12. The second-order valence-corrected chi connectivity index (χ2v) is 14.4. The van der Waals surface area contributed by atoms with Gasteiger partial charge in [-0.25, -0.2) is 0 Å². The monoisotopic (exact) mass is 544 g/mol. The molecule has 0 aromatic heterocycles. The van der Waals surface area contributed by atoms with Crippen LogP contribution in [-0.4, -0.2) is 22.3 Å². The molecule has 0 saturated carbocycles. The first-order valence-corrected chi connectivity index (χ1v) is 15.9. The van der Waals surface area contributed by atoms with Gasteiger partial charge in [-0.1, -0.05) is 72.6 Å². The number of phenolic OH excluding ortho intramolecular Hbond substituents is 1. The molecular weight excluding hydrogens is 484 g/mol. The molecule has 4 heteroatoms. The lowest BCUT2D eigenvalue weighted by atomic mass is 9.83. The maximum absolute atomic E-state index is 12.3. The normalized spacial score (nSPS) is 18.9. The molecule has 4 nitrogen and oxygen atoms in total. The van der Waals surface area contributed by atoms with Crippen LogP contribution in [-0.2, 0) is 22.4 Å². The highest BCUT2D eigenvalue weighted by Gasteiger charge is 2.35. The summed E-state index contributed by atoms with van der Waals surface area (Å²) in [6, 6.07) is 0. The maximum atomic E-state index is 12.3. The molecule has 1 heterocycles. The number of rotatable bonds is 15. The van der Waals surface area contributed by atoms with E-state index in [9.17, 15) is 9.90 Å². The number of hydrogen-bond acceptors (Lipinski definition) is 4. The number of carbonyl (C=O) groups is 1. The van der Waals surface area contributed by atoms with Crippen molar-refractivity contribution in [2.75, 3.05) is 0 Å². The Morgan fingerprint density at radius 1 is 0.949 bits per heavy atom. The minimum absolute atomic E-state index is 0.195. The number of fused-ring (bicyclic) bond motifs is 1. The molecule has 1 N–H and O–H groups in total. The van der Waals surface area contributed by atoms with Crippen LogP contribution in [0.1, 0.15) is 148 Å². The Labute approximate surface area is 240 Å². The first kappa shape index (κ1) is 33.5. The van der Waals surface area contributed by atoms with Crippen LogP contribution < -0.4 is 4.74 Å². The lowest BCUT2D eigenvalue weighted by molar-refractivity contribution is -0.154. The van der Waals surface area contributed by atoms with E-state index in [1.165, 1.54) is 56.9 Å². The summed E-state index contributed by atoms with van der Waals surface area (Å²) in [5.74, 6) is 3.34. The van der Waals surface area contributed by atoms with Crippen LogP contribution >= 0.6 is 0 Å². The van der Waals surface area contributed by atoms with E-state index in [1.54, 1.807) is 0 Å². The van der Waals surface area contributed by atoms with Crippen LogP contribution in [0.3, 0.4) is 0 Å². The summed E-state index contributed by atoms with van der Waals surface area (Å²) in [6.45, 7) is 21.4. The summed E-state index contributed by atoms with van der Waals surface area (Å²) in [4.78, 5) is 12.3. The van der Waals surface area contributed by atoms with Crippen molar-refractivity contribution in [1.82, 2.24) is 0 Å². The van der Waals surface area contributed by atoms with E-state index in [4.69, 9.17) is 9.47 Å². The van der Waals surface area contributed by atoms with Crippen LogP contribution in [0.2, 0.25) is 0 Å². The smallest absolute Gasteiger partial charge is 0.306 e. The zero-order chi connectivity index (χ0) is 29.4. The molecule has 1 aliphatic heterocycles. The third kappa shape index (κ3) is 11.0. The highest BCUT2D eigenvalue weighted by molar-refractivity contribution is 5.71. The van der Waals surface area contributed by atoms with Gasteiger partial charge in [0.2, 0.25) is 0 Å². The van der Waals surface area contributed by atoms with Crippen molar-refractivity contribution in [3.8, 4) is 11.5 Å². The average molecular weight is 545 g/mol. The van der Waals surface area contributed by atoms with Crippen LogP contribution in [0.4, 0.5) is 0 Å². The third-order valence-corrected chi connectivity index (χ3v) is 8.69. The summed E-state index contributed by atoms with van der Waals surface area (Å²) >= 11 is 0. The predicted octanol–water partition coefficient (Wildman–Crippen LogP) is 9.81. The van der Waals surface area contributed by atoms with Crippen LogP contribution in [0.5, 0.6) is 11.5 Å². The standard InChI is InChI=1S/C35H60O4/c1-24(2)14-11-15-25(3)16-12-17-26(4)18-13-22-35(10)23-21-30-27(5)29(32(37)28(6)33(30)39-35)19-20-31(36)38-34(7,8)9/h24-26,37H,11-23H2,1-10H3. The van der Waals surface area contributed by atoms with E-state index in [1.807, 2.05) is 27.7 Å². The molecule has 0 saturated heterocycles. The number of ether oxygens (including phenoxy) is 2. The molecule has 39 heavy (non-hydrogen) atoms. The summed E-state index contributed by atoms with van der Waals surface area (Å²) in [5.41, 5.74) is 3.22. The summed E-state index contributed by atoms with van der Waals surface area (Å²) in [6.07, 6.45) is 14.3. The van der Waals surface area contributed by atoms with E-state index >= 15 is 0 Å². The SMILES string of the molecule is Cc1c(CCC(=O)OC(C)(C)C)c(O)c(C)c2c1CCC(C)(CCCC(C)CCCC(C)CCCC(C)C)O2. The molecule has 2 rings (SSSR count). The first-order chi connectivity index (χ1) is 18.1. The van der Waals surface area contributed by atoms with Gasteiger partial charge >= 0.3 is 5.97 Å². The van der Waals surface area contributed by atoms with Gasteiger partial charge in [-0.05, 0) is 108 Å². The van der Waals surface area contributed by atoms with Crippen molar-refractivity contribution in [2.24, 2.45) is 17.8 Å². The highest BCUT2D eigenvalue weighted by atomic mass is 16.6. The molecule has 3 atom stereocenters. The lowest BCUT2D eigenvalue weighted by Crippen LogP contribution is -2.37. The second kappa shape index (κ2) is 14.8. The van der Waals surface area contributed by atoms with Crippen molar-refractivity contribution in [3.63, 3.8) is 0 Å². The quantitative estimate of drug-likeness (QED) is 0.223. The molecule has 1 aromatic rings. The van der Waals surface area contributed by atoms with Crippen molar-refractivity contribution in [2.45, 2.75) is 164 Å². The van der Waals surface area contributed by atoms with Gasteiger partial charge in [-0.3, -0.25) is 4.79 Å². The molecule has 1 aromatic carbocycles. The number of aromatic hydroxyl groups is 1. The Hall–Kier alpha value is -1.71. The van der Waals surface area contributed by atoms with Crippen molar-refractivity contribution < 1.29 is 19.4 Å².